The van der Waals surface area contributed by atoms with Crippen molar-refractivity contribution in [2.24, 2.45) is 0 Å². The lowest BCUT2D eigenvalue weighted by atomic mass is 10.2. The van der Waals surface area contributed by atoms with Crippen LogP contribution in [0.1, 0.15) is 47.1 Å². The number of benzene rings is 3. The molecule has 4 rings (SSSR count). The van der Waals surface area contributed by atoms with E-state index in [0.717, 1.165) is 24.2 Å². The van der Waals surface area contributed by atoms with Crippen LogP contribution in [-0.4, -0.2) is 32.2 Å². The molecule has 0 aliphatic rings. The molecule has 0 saturated heterocycles. The number of ether oxygens (including phenoxy) is 1. The number of nitrogens with one attached hydrogen (secondary N) is 1. The van der Waals surface area contributed by atoms with Crippen molar-refractivity contribution < 1.29 is 14.5 Å². The number of carbonyl (C=O) groups is 1. The largest absolute Gasteiger partial charge is 0.494 e. The summed E-state index contributed by atoms with van der Waals surface area (Å²) in [6.45, 7) is 4.92. The van der Waals surface area contributed by atoms with E-state index in [-0.39, 0.29) is 18.1 Å². The Bertz CT molecular complexity index is 1390. The van der Waals surface area contributed by atoms with Crippen molar-refractivity contribution >= 4 is 23.4 Å². The molecule has 0 atom stereocenters. The minimum atomic E-state index is -0.440. The first kappa shape index (κ1) is 26.9. The molecule has 4 aromatic rings. The number of non-ortho nitro benzene ring substituents is 1. The molecule has 1 aromatic heterocycles. The molecule has 9 nitrogen and oxygen atoms in total. The van der Waals surface area contributed by atoms with Gasteiger partial charge in [0.25, 0.3) is 11.6 Å². The first-order valence-corrected chi connectivity index (χ1v) is 13.3. The summed E-state index contributed by atoms with van der Waals surface area (Å²) in [5.74, 6) is 1.66. The first-order chi connectivity index (χ1) is 18.4. The van der Waals surface area contributed by atoms with Crippen LogP contribution in [0, 0.1) is 17.0 Å². The number of hydrogen-bond acceptors (Lipinski definition) is 7. The zero-order chi connectivity index (χ0) is 26.9. The van der Waals surface area contributed by atoms with Gasteiger partial charge in [0.1, 0.15) is 5.75 Å². The van der Waals surface area contributed by atoms with Crippen LogP contribution in [0.15, 0.2) is 78.0 Å². The number of unbranched alkanes of at least 4 members (excludes halogenated alkanes) is 1. The van der Waals surface area contributed by atoms with Gasteiger partial charge < -0.3 is 10.1 Å². The highest BCUT2D eigenvalue weighted by atomic mass is 32.2. The summed E-state index contributed by atoms with van der Waals surface area (Å²) in [5.41, 5.74) is 3.48. The van der Waals surface area contributed by atoms with E-state index in [1.807, 2.05) is 29.7 Å². The van der Waals surface area contributed by atoms with Gasteiger partial charge in [0.15, 0.2) is 11.0 Å². The quantitative estimate of drug-likeness (QED) is 0.105. The molecule has 0 fully saturated rings. The summed E-state index contributed by atoms with van der Waals surface area (Å²) < 4.78 is 7.48. The Morgan fingerprint density at radius 2 is 1.84 bits per heavy atom. The van der Waals surface area contributed by atoms with Gasteiger partial charge >= 0.3 is 0 Å². The van der Waals surface area contributed by atoms with Crippen molar-refractivity contribution in [2.75, 3.05) is 6.61 Å². The van der Waals surface area contributed by atoms with E-state index in [9.17, 15) is 14.9 Å². The van der Waals surface area contributed by atoms with E-state index < -0.39 is 4.92 Å². The molecule has 0 aliphatic heterocycles. The molecule has 0 unspecified atom stereocenters. The van der Waals surface area contributed by atoms with E-state index in [1.165, 1.54) is 29.5 Å². The van der Waals surface area contributed by atoms with Gasteiger partial charge in [0, 0.05) is 29.1 Å². The third kappa shape index (κ3) is 6.98. The van der Waals surface area contributed by atoms with Crippen molar-refractivity contribution in [3.05, 3.63) is 105 Å². The molecule has 0 radical (unpaired) electrons. The van der Waals surface area contributed by atoms with Crippen molar-refractivity contribution in [2.45, 2.75) is 44.1 Å². The van der Waals surface area contributed by atoms with Crippen LogP contribution in [-0.2, 0) is 12.3 Å². The lowest BCUT2D eigenvalue weighted by Crippen LogP contribution is -2.24. The molecular weight excluding hydrogens is 502 g/mol. The minimum absolute atomic E-state index is 0.00670. The number of amides is 1. The van der Waals surface area contributed by atoms with Gasteiger partial charge in [0.05, 0.1) is 18.1 Å². The molecule has 1 N–H and O–H groups in total. The second-order valence-corrected chi connectivity index (χ2v) is 9.64. The Labute approximate surface area is 225 Å². The fraction of sp³-hybridized carbons (Fsp3) is 0.250. The maximum atomic E-state index is 12.8. The van der Waals surface area contributed by atoms with Crippen LogP contribution in [0.3, 0.4) is 0 Å². The average molecular weight is 532 g/mol. The standard InChI is InChI=1S/C28H29N5O4S/c1-3-4-16-37-25-14-8-22(9-15-25)27(34)29-18-26-30-31-28(38-19-21-7-5-6-20(2)17-21)32(26)23-10-12-24(13-11-23)33(35)36/h5-15,17H,3-4,16,18-19H2,1-2H3,(H,29,34). The van der Waals surface area contributed by atoms with E-state index in [1.54, 1.807) is 36.4 Å². The summed E-state index contributed by atoms with van der Waals surface area (Å²) >= 11 is 1.50. The molecule has 1 heterocycles. The number of hydrogen-bond donors (Lipinski definition) is 1. The lowest BCUT2D eigenvalue weighted by Gasteiger charge is -2.11. The van der Waals surface area contributed by atoms with Crippen LogP contribution in [0.2, 0.25) is 0 Å². The summed E-state index contributed by atoms with van der Waals surface area (Å²) in [7, 11) is 0. The average Bonchev–Trinajstić information content (AvgIpc) is 3.34. The van der Waals surface area contributed by atoms with Gasteiger partial charge in [-0.05, 0) is 55.3 Å². The summed E-state index contributed by atoms with van der Waals surface area (Å²) in [6, 6.07) is 21.4. The molecular formula is C28H29N5O4S. The van der Waals surface area contributed by atoms with Gasteiger partial charge in [0.2, 0.25) is 0 Å². The maximum absolute atomic E-state index is 12.8. The Kier molecular flexibility index (Phi) is 9.10. The number of rotatable bonds is 12. The van der Waals surface area contributed by atoms with Crippen LogP contribution < -0.4 is 10.1 Å². The Morgan fingerprint density at radius 3 is 2.53 bits per heavy atom. The molecule has 38 heavy (non-hydrogen) atoms. The van der Waals surface area contributed by atoms with Crippen LogP contribution in [0.4, 0.5) is 5.69 Å². The highest BCUT2D eigenvalue weighted by molar-refractivity contribution is 7.98. The second-order valence-electron chi connectivity index (χ2n) is 8.69. The Hall–Kier alpha value is -4.18. The lowest BCUT2D eigenvalue weighted by molar-refractivity contribution is -0.384. The van der Waals surface area contributed by atoms with Gasteiger partial charge in [-0.2, -0.15) is 0 Å². The van der Waals surface area contributed by atoms with Crippen molar-refractivity contribution in [3.63, 3.8) is 0 Å². The number of nitro groups is 1. The molecule has 10 heteroatoms. The number of carbonyl (C=O) groups excluding carboxylic acids is 1. The monoisotopic (exact) mass is 531 g/mol. The predicted molar refractivity (Wildman–Crippen MR) is 147 cm³/mol. The van der Waals surface area contributed by atoms with Crippen LogP contribution in [0.5, 0.6) is 5.75 Å². The van der Waals surface area contributed by atoms with Gasteiger partial charge in [-0.15, -0.1) is 10.2 Å². The second kappa shape index (κ2) is 12.9. The molecule has 0 aliphatic carbocycles. The Balaban J connectivity index is 1.51. The highest BCUT2D eigenvalue weighted by Gasteiger charge is 2.17. The normalized spacial score (nSPS) is 10.8. The number of aromatic nitrogens is 3. The fourth-order valence-electron chi connectivity index (χ4n) is 3.74. The van der Waals surface area contributed by atoms with E-state index >= 15 is 0 Å². The number of thioether (sulfide) groups is 1. The minimum Gasteiger partial charge on any atom is -0.494 e. The summed E-state index contributed by atoms with van der Waals surface area (Å²) in [4.78, 5) is 23.5. The van der Waals surface area contributed by atoms with Crippen LogP contribution >= 0.6 is 11.8 Å². The van der Waals surface area contributed by atoms with E-state index in [0.29, 0.717) is 34.6 Å². The molecule has 196 valence electrons. The fourth-order valence-corrected chi connectivity index (χ4v) is 4.65. The van der Waals surface area contributed by atoms with Gasteiger partial charge in [-0.3, -0.25) is 19.5 Å². The molecule has 0 saturated carbocycles. The number of nitrogens with zero attached hydrogens (tertiary/aromatic N) is 4. The maximum Gasteiger partial charge on any atom is 0.269 e. The summed E-state index contributed by atoms with van der Waals surface area (Å²) in [6.07, 6.45) is 2.03. The first-order valence-electron chi connectivity index (χ1n) is 12.3. The smallest absolute Gasteiger partial charge is 0.269 e. The molecule has 3 aromatic carbocycles. The number of nitro benzene ring substituents is 1. The van der Waals surface area contributed by atoms with Crippen molar-refractivity contribution in [3.8, 4) is 11.4 Å². The van der Waals surface area contributed by atoms with Crippen LogP contribution in [0.25, 0.3) is 5.69 Å². The van der Waals surface area contributed by atoms with E-state index in [4.69, 9.17) is 4.74 Å². The Morgan fingerprint density at radius 1 is 1.08 bits per heavy atom. The third-order valence-electron chi connectivity index (χ3n) is 5.76. The zero-order valence-corrected chi connectivity index (χ0v) is 22.1. The topological polar surface area (TPSA) is 112 Å². The predicted octanol–water partition coefficient (Wildman–Crippen LogP) is 5.89. The highest BCUT2D eigenvalue weighted by Crippen LogP contribution is 2.27. The SMILES string of the molecule is CCCCOc1ccc(C(=O)NCc2nnc(SCc3cccc(C)c3)n2-c2ccc([N+](=O)[O-])cc2)cc1. The number of aryl methyl sites for hydroxylation is 1. The van der Waals surface area contributed by atoms with Crippen molar-refractivity contribution in [1.82, 2.24) is 20.1 Å². The third-order valence-corrected chi connectivity index (χ3v) is 6.76. The van der Waals surface area contributed by atoms with Gasteiger partial charge in [-0.25, -0.2) is 0 Å². The summed E-state index contributed by atoms with van der Waals surface area (Å²) in [5, 5.41) is 23.3. The van der Waals surface area contributed by atoms with E-state index in [2.05, 4.69) is 28.5 Å². The molecule has 0 spiro atoms. The van der Waals surface area contributed by atoms with Crippen molar-refractivity contribution in [1.29, 1.82) is 0 Å². The molecule has 1 amide bonds. The zero-order valence-electron chi connectivity index (χ0n) is 21.3. The van der Waals surface area contributed by atoms with Gasteiger partial charge in [-0.1, -0.05) is 54.9 Å². The molecule has 0 bridgehead atoms.